The largest absolute Gasteiger partial charge is 0.496 e. The Hall–Kier alpha value is -3.15. The van der Waals surface area contributed by atoms with Gasteiger partial charge in [0, 0.05) is 24.2 Å². The maximum absolute atomic E-state index is 12.7. The van der Waals surface area contributed by atoms with E-state index in [-0.39, 0.29) is 5.91 Å². The molecule has 0 radical (unpaired) electrons. The van der Waals surface area contributed by atoms with Crippen molar-refractivity contribution in [2.45, 2.75) is 39.2 Å². The predicted molar refractivity (Wildman–Crippen MR) is 109 cm³/mol. The fourth-order valence-electron chi connectivity index (χ4n) is 3.60. The van der Waals surface area contributed by atoms with E-state index in [2.05, 4.69) is 20.1 Å². The van der Waals surface area contributed by atoms with Gasteiger partial charge in [0.2, 0.25) is 0 Å². The number of hydrogen-bond donors (Lipinski definition) is 1. The van der Waals surface area contributed by atoms with Crippen LogP contribution in [0.1, 0.15) is 41.0 Å². The zero-order chi connectivity index (χ0) is 19.5. The third-order valence-electron chi connectivity index (χ3n) is 5.11. The summed E-state index contributed by atoms with van der Waals surface area (Å²) >= 11 is 0. The summed E-state index contributed by atoms with van der Waals surface area (Å²) in [5.74, 6) is 2.34. The Morgan fingerprint density at radius 3 is 2.68 bits per heavy atom. The number of amides is 1. The molecular weight excluding hydrogens is 352 g/mol. The highest BCUT2D eigenvalue weighted by molar-refractivity contribution is 6.06. The van der Waals surface area contributed by atoms with Gasteiger partial charge in [-0.3, -0.25) is 4.79 Å². The number of aryl methyl sites for hydroxylation is 2. The van der Waals surface area contributed by atoms with E-state index in [1.54, 1.807) is 7.11 Å². The average molecular weight is 376 g/mol. The minimum Gasteiger partial charge on any atom is -0.496 e. The van der Waals surface area contributed by atoms with Crippen LogP contribution in [0.4, 0.5) is 5.69 Å². The average Bonchev–Trinajstić information content (AvgIpc) is 2.96. The first-order chi connectivity index (χ1) is 13.7. The van der Waals surface area contributed by atoms with Crippen molar-refractivity contribution in [1.82, 2.24) is 14.8 Å². The first-order valence-electron chi connectivity index (χ1n) is 9.64. The molecule has 6 nitrogen and oxygen atoms in total. The smallest absolute Gasteiger partial charge is 0.259 e. The van der Waals surface area contributed by atoms with Crippen LogP contribution in [-0.4, -0.2) is 27.8 Å². The molecule has 2 aromatic carbocycles. The molecule has 0 spiro atoms. The summed E-state index contributed by atoms with van der Waals surface area (Å²) in [6.07, 6.45) is 4.55. The summed E-state index contributed by atoms with van der Waals surface area (Å²) in [5.41, 5.74) is 3.27. The van der Waals surface area contributed by atoms with Gasteiger partial charge < -0.3 is 14.6 Å². The van der Waals surface area contributed by atoms with E-state index in [1.807, 2.05) is 49.4 Å². The molecule has 6 heteroatoms. The van der Waals surface area contributed by atoms with E-state index in [1.165, 1.54) is 12.8 Å². The molecule has 0 unspecified atom stereocenters. The molecule has 1 N–H and O–H groups in total. The number of rotatable bonds is 4. The first-order valence-corrected chi connectivity index (χ1v) is 9.64. The van der Waals surface area contributed by atoms with Crippen LogP contribution in [-0.2, 0) is 13.0 Å². The van der Waals surface area contributed by atoms with Crippen molar-refractivity contribution in [3.63, 3.8) is 0 Å². The number of anilines is 1. The molecule has 0 saturated carbocycles. The summed E-state index contributed by atoms with van der Waals surface area (Å²) in [4.78, 5) is 12.7. The topological polar surface area (TPSA) is 69.0 Å². The fraction of sp³-hybridized carbons (Fsp3) is 0.318. The molecule has 0 bridgehead atoms. The van der Waals surface area contributed by atoms with Crippen molar-refractivity contribution in [1.29, 1.82) is 0 Å². The predicted octanol–water partition coefficient (Wildman–Crippen LogP) is 4.24. The van der Waals surface area contributed by atoms with Crippen LogP contribution >= 0.6 is 0 Å². The van der Waals surface area contributed by atoms with Crippen molar-refractivity contribution in [2.24, 2.45) is 0 Å². The first kappa shape index (κ1) is 18.2. The molecule has 4 rings (SSSR count). The summed E-state index contributed by atoms with van der Waals surface area (Å²) in [5, 5.41) is 11.7. The zero-order valence-electron chi connectivity index (χ0n) is 16.2. The van der Waals surface area contributed by atoms with Gasteiger partial charge in [-0.1, -0.05) is 18.1 Å². The highest BCUT2D eigenvalue weighted by Gasteiger charge is 2.16. The van der Waals surface area contributed by atoms with E-state index in [4.69, 9.17) is 4.74 Å². The Kier molecular flexibility index (Phi) is 5.10. The number of ether oxygens (including phenoxy) is 1. The minimum atomic E-state index is -0.190. The van der Waals surface area contributed by atoms with Crippen LogP contribution in [0.2, 0.25) is 0 Å². The number of carbonyl (C=O) groups excluding carboxylic acids is 1. The van der Waals surface area contributed by atoms with Crippen LogP contribution < -0.4 is 10.1 Å². The Bertz CT molecular complexity index is 992. The number of nitrogens with one attached hydrogen (secondary N) is 1. The standard InChI is InChI=1S/C22H24N4O2/c1-15-7-12-19(28-2)18(14-15)22(27)23-17-10-8-16(9-11-17)21-25-24-20-6-4-3-5-13-26(20)21/h7-12,14H,3-6,13H2,1-2H3,(H,23,27). The molecule has 1 aliphatic rings. The normalized spacial score (nSPS) is 13.5. The molecule has 1 aromatic heterocycles. The molecule has 3 aromatic rings. The molecule has 1 amide bonds. The van der Waals surface area contributed by atoms with Crippen molar-refractivity contribution in [2.75, 3.05) is 12.4 Å². The lowest BCUT2D eigenvalue weighted by Crippen LogP contribution is -2.13. The lowest BCUT2D eigenvalue weighted by molar-refractivity contribution is 0.102. The molecule has 0 aliphatic carbocycles. The number of benzene rings is 2. The van der Waals surface area contributed by atoms with Gasteiger partial charge in [0.05, 0.1) is 12.7 Å². The van der Waals surface area contributed by atoms with Gasteiger partial charge in [-0.25, -0.2) is 0 Å². The fourth-order valence-corrected chi connectivity index (χ4v) is 3.60. The summed E-state index contributed by atoms with van der Waals surface area (Å²) in [6, 6.07) is 13.3. The molecule has 28 heavy (non-hydrogen) atoms. The van der Waals surface area contributed by atoms with Gasteiger partial charge in [0.25, 0.3) is 5.91 Å². The molecule has 0 atom stereocenters. The van der Waals surface area contributed by atoms with Gasteiger partial charge in [0.1, 0.15) is 11.6 Å². The van der Waals surface area contributed by atoms with Crippen molar-refractivity contribution < 1.29 is 9.53 Å². The Morgan fingerprint density at radius 1 is 1.07 bits per heavy atom. The summed E-state index contributed by atoms with van der Waals surface area (Å²) in [6.45, 7) is 2.91. The van der Waals surface area contributed by atoms with E-state index in [0.717, 1.165) is 47.8 Å². The van der Waals surface area contributed by atoms with Crippen molar-refractivity contribution >= 4 is 11.6 Å². The monoisotopic (exact) mass is 376 g/mol. The third-order valence-corrected chi connectivity index (χ3v) is 5.11. The number of hydrogen-bond acceptors (Lipinski definition) is 4. The second-order valence-corrected chi connectivity index (χ2v) is 7.14. The van der Waals surface area contributed by atoms with Crippen LogP contribution in [0.5, 0.6) is 5.75 Å². The second kappa shape index (κ2) is 7.84. The van der Waals surface area contributed by atoms with Gasteiger partial charge in [-0.2, -0.15) is 0 Å². The van der Waals surface area contributed by atoms with Gasteiger partial charge >= 0.3 is 0 Å². The second-order valence-electron chi connectivity index (χ2n) is 7.14. The Labute approximate surface area is 164 Å². The number of methoxy groups -OCH3 is 1. The summed E-state index contributed by atoms with van der Waals surface area (Å²) < 4.78 is 7.53. The molecule has 2 heterocycles. The van der Waals surface area contributed by atoms with E-state index < -0.39 is 0 Å². The van der Waals surface area contributed by atoms with E-state index >= 15 is 0 Å². The third kappa shape index (κ3) is 3.63. The molecule has 144 valence electrons. The van der Waals surface area contributed by atoms with Crippen LogP contribution in [0.25, 0.3) is 11.4 Å². The summed E-state index contributed by atoms with van der Waals surface area (Å²) in [7, 11) is 1.57. The van der Waals surface area contributed by atoms with Gasteiger partial charge in [-0.05, 0) is 56.2 Å². The minimum absolute atomic E-state index is 0.190. The Balaban J connectivity index is 1.54. The van der Waals surface area contributed by atoms with Gasteiger partial charge in [-0.15, -0.1) is 10.2 Å². The lowest BCUT2D eigenvalue weighted by Gasteiger charge is -2.11. The van der Waals surface area contributed by atoms with Crippen LogP contribution in [0, 0.1) is 6.92 Å². The highest BCUT2D eigenvalue weighted by atomic mass is 16.5. The van der Waals surface area contributed by atoms with Gasteiger partial charge in [0.15, 0.2) is 5.82 Å². The van der Waals surface area contributed by atoms with Crippen LogP contribution in [0.3, 0.4) is 0 Å². The number of carbonyl (C=O) groups is 1. The Morgan fingerprint density at radius 2 is 1.89 bits per heavy atom. The highest BCUT2D eigenvalue weighted by Crippen LogP contribution is 2.25. The van der Waals surface area contributed by atoms with E-state index in [0.29, 0.717) is 11.3 Å². The zero-order valence-corrected chi connectivity index (χ0v) is 16.2. The quantitative estimate of drug-likeness (QED) is 0.739. The lowest BCUT2D eigenvalue weighted by atomic mass is 10.1. The number of fused-ring (bicyclic) bond motifs is 1. The maximum atomic E-state index is 12.7. The number of nitrogens with zero attached hydrogens (tertiary/aromatic N) is 3. The molecule has 0 saturated heterocycles. The molecule has 1 aliphatic heterocycles. The number of aromatic nitrogens is 3. The van der Waals surface area contributed by atoms with Crippen molar-refractivity contribution in [3.8, 4) is 17.1 Å². The SMILES string of the molecule is COc1ccc(C)cc1C(=O)Nc1ccc(-c2nnc3n2CCCCC3)cc1. The molecule has 0 fully saturated rings. The maximum Gasteiger partial charge on any atom is 0.259 e. The molecular formula is C22H24N4O2. The van der Waals surface area contributed by atoms with E-state index in [9.17, 15) is 4.79 Å². The van der Waals surface area contributed by atoms with Crippen molar-refractivity contribution in [3.05, 3.63) is 59.4 Å². The van der Waals surface area contributed by atoms with Crippen LogP contribution in [0.15, 0.2) is 42.5 Å².